The van der Waals surface area contributed by atoms with Gasteiger partial charge in [0, 0.05) is 11.8 Å². The number of carbonyl (C=O) groups is 3. The highest BCUT2D eigenvalue weighted by atomic mass is 32.2. The Hall–Kier alpha value is -1.50. The number of amides is 2. The van der Waals surface area contributed by atoms with Crippen LogP contribution in [0.1, 0.15) is 6.42 Å². The summed E-state index contributed by atoms with van der Waals surface area (Å²) in [5, 5.41) is 13.8. The minimum absolute atomic E-state index is 0.199. The molecule has 2 rings (SSSR count). The first-order valence-electron chi connectivity index (χ1n) is 5.21. The lowest BCUT2D eigenvalue weighted by Gasteiger charge is -2.15. The molecule has 3 atom stereocenters. The van der Waals surface area contributed by atoms with E-state index in [1.165, 1.54) is 0 Å². The minimum Gasteiger partial charge on any atom is -0.481 e. The maximum atomic E-state index is 11.7. The van der Waals surface area contributed by atoms with Gasteiger partial charge in [-0.05, 0) is 6.42 Å². The molecule has 1 aliphatic heterocycles. The third kappa shape index (κ3) is 2.79. The van der Waals surface area contributed by atoms with Crippen LogP contribution in [-0.4, -0.2) is 40.1 Å². The molecule has 17 heavy (non-hydrogen) atoms. The zero-order chi connectivity index (χ0) is 12.4. The highest BCUT2D eigenvalue weighted by Crippen LogP contribution is 2.19. The first kappa shape index (κ1) is 12.0. The van der Waals surface area contributed by atoms with Gasteiger partial charge >= 0.3 is 5.97 Å². The second-order valence-corrected chi connectivity index (χ2v) is 4.97. The van der Waals surface area contributed by atoms with E-state index in [0.717, 1.165) is 11.8 Å². The Morgan fingerprint density at radius 2 is 2.24 bits per heavy atom. The molecule has 1 fully saturated rings. The maximum absolute atomic E-state index is 11.7. The van der Waals surface area contributed by atoms with Gasteiger partial charge in [-0.15, -0.1) is 0 Å². The van der Waals surface area contributed by atoms with Crippen molar-refractivity contribution >= 4 is 28.9 Å². The average Bonchev–Trinajstić information content (AvgIpc) is 2.86. The Labute approximate surface area is 102 Å². The number of rotatable bonds is 3. The fraction of sp³-hybridized carbons (Fsp3) is 0.500. The van der Waals surface area contributed by atoms with E-state index in [1.54, 1.807) is 12.2 Å². The second kappa shape index (κ2) is 4.79. The van der Waals surface area contributed by atoms with Crippen LogP contribution in [0.5, 0.6) is 0 Å². The third-order valence-electron chi connectivity index (χ3n) is 2.72. The molecule has 1 saturated heterocycles. The standard InChI is InChI=1S/C10H12N2O4S/c13-8(7-4-17-10(16)12-7)11-6-2-1-5(3-6)9(14)15/h1-2,5-7H,3-4H2,(H,11,13)(H,12,16)(H,14,15). The molecule has 1 aliphatic carbocycles. The number of thioether (sulfide) groups is 1. The number of carboxylic acid groups (broad SMARTS) is 1. The highest BCUT2D eigenvalue weighted by molar-refractivity contribution is 8.14. The smallest absolute Gasteiger partial charge is 0.310 e. The monoisotopic (exact) mass is 256 g/mol. The molecule has 0 aromatic carbocycles. The summed E-state index contributed by atoms with van der Waals surface area (Å²) in [6.45, 7) is 0. The molecule has 0 spiro atoms. The topological polar surface area (TPSA) is 95.5 Å². The molecule has 6 nitrogen and oxygen atoms in total. The molecule has 92 valence electrons. The predicted octanol–water partition coefficient (Wildman–Crippen LogP) is -0.0431. The zero-order valence-electron chi connectivity index (χ0n) is 8.88. The van der Waals surface area contributed by atoms with Crippen LogP contribution in [0, 0.1) is 5.92 Å². The van der Waals surface area contributed by atoms with Crippen LogP contribution >= 0.6 is 11.8 Å². The molecule has 2 aliphatic rings. The van der Waals surface area contributed by atoms with Crippen LogP contribution in [0.15, 0.2) is 12.2 Å². The molecule has 3 unspecified atom stereocenters. The lowest BCUT2D eigenvalue weighted by atomic mass is 10.1. The molecule has 1 heterocycles. The van der Waals surface area contributed by atoms with Crippen molar-refractivity contribution in [2.45, 2.75) is 18.5 Å². The second-order valence-electron chi connectivity index (χ2n) is 3.98. The summed E-state index contributed by atoms with van der Waals surface area (Å²) in [6, 6.07) is -0.768. The Morgan fingerprint density at radius 1 is 1.47 bits per heavy atom. The Morgan fingerprint density at radius 3 is 2.76 bits per heavy atom. The van der Waals surface area contributed by atoms with Gasteiger partial charge in [0.1, 0.15) is 6.04 Å². The quantitative estimate of drug-likeness (QED) is 0.616. The van der Waals surface area contributed by atoms with E-state index in [9.17, 15) is 14.4 Å². The number of carboxylic acids is 1. The van der Waals surface area contributed by atoms with Crippen LogP contribution in [0.25, 0.3) is 0 Å². The summed E-state index contributed by atoms with van der Waals surface area (Å²) in [7, 11) is 0. The van der Waals surface area contributed by atoms with Gasteiger partial charge in [-0.25, -0.2) is 0 Å². The predicted molar refractivity (Wildman–Crippen MR) is 61.6 cm³/mol. The summed E-state index contributed by atoms with van der Waals surface area (Å²) in [4.78, 5) is 33.3. The molecule has 2 amide bonds. The van der Waals surface area contributed by atoms with E-state index in [4.69, 9.17) is 5.11 Å². The lowest BCUT2D eigenvalue weighted by molar-refractivity contribution is -0.140. The van der Waals surface area contributed by atoms with Crippen molar-refractivity contribution < 1.29 is 19.5 Å². The molecule has 3 N–H and O–H groups in total. The van der Waals surface area contributed by atoms with Gasteiger partial charge in [-0.3, -0.25) is 14.4 Å². The van der Waals surface area contributed by atoms with Crippen molar-refractivity contribution in [1.82, 2.24) is 10.6 Å². The Balaban J connectivity index is 1.83. The van der Waals surface area contributed by atoms with Crippen LogP contribution in [-0.2, 0) is 9.59 Å². The van der Waals surface area contributed by atoms with Gasteiger partial charge in [0.15, 0.2) is 0 Å². The largest absolute Gasteiger partial charge is 0.481 e. The van der Waals surface area contributed by atoms with Crippen LogP contribution < -0.4 is 10.6 Å². The summed E-state index contributed by atoms with van der Waals surface area (Å²) in [5.41, 5.74) is 0. The van der Waals surface area contributed by atoms with Crippen LogP contribution in [0.4, 0.5) is 4.79 Å². The molecular weight excluding hydrogens is 244 g/mol. The highest BCUT2D eigenvalue weighted by Gasteiger charge is 2.31. The first-order valence-corrected chi connectivity index (χ1v) is 6.19. The van der Waals surface area contributed by atoms with Gasteiger partial charge in [-0.1, -0.05) is 23.9 Å². The number of hydrogen-bond donors (Lipinski definition) is 3. The van der Waals surface area contributed by atoms with Crippen molar-refractivity contribution in [2.75, 3.05) is 5.75 Å². The van der Waals surface area contributed by atoms with Gasteiger partial charge in [0.05, 0.1) is 5.92 Å². The molecular formula is C10H12N2O4S. The number of carbonyl (C=O) groups excluding carboxylic acids is 2. The van der Waals surface area contributed by atoms with Crippen molar-refractivity contribution in [3.05, 3.63) is 12.2 Å². The number of nitrogens with one attached hydrogen (secondary N) is 2. The van der Waals surface area contributed by atoms with E-state index >= 15 is 0 Å². The van der Waals surface area contributed by atoms with Crippen molar-refractivity contribution in [3.63, 3.8) is 0 Å². The van der Waals surface area contributed by atoms with E-state index in [2.05, 4.69) is 10.6 Å². The Kier molecular flexibility index (Phi) is 3.37. The van der Waals surface area contributed by atoms with Crippen LogP contribution in [0.3, 0.4) is 0 Å². The fourth-order valence-electron chi connectivity index (χ4n) is 1.80. The summed E-state index contributed by atoms with van der Waals surface area (Å²) < 4.78 is 0. The van der Waals surface area contributed by atoms with Crippen LogP contribution in [0.2, 0.25) is 0 Å². The molecule has 7 heteroatoms. The lowest BCUT2D eigenvalue weighted by Crippen LogP contribution is -2.46. The minimum atomic E-state index is -0.886. The van der Waals surface area contributed by atoms with E-state index in [0.29, 0.717) is 12.2 Å². The first-order chi connectivity index (χ1) is 8.06. The third-order valence-corrected chi connectivity index (χ3v) is 3.60. The van der Waals surface area contributed by atoms with Gasteiger partial charge in [0.25, 0.3) is 5.24 Å². The van der Waals surface area contributed by atoms with Crippen molar-refractivity contribution in [3.8, 4) is 0 Å². The van der Waals surface area contributed by atoms with E-state index in [1.807, 2.05) is 0 Å². The molecule has 0 bridgehead atoms. The molecule has 0 saturated carbocycles. The van der Waals surface area contributed by atoms with Crippen molar-refractivity contribution in [1.29, 1.82) is 0 Å². The van der Waals surface area contributed by atoms with Gasteiger partial charge in [0.2, 0.25) is 5.91 Å². The number of hydrogen-bond acceptors (Lipinski definition) is 4. The van der Waals surface area contributed by atoms with E-state index in [-0.39, 0.29) is 17.2 Å². The molecule has 0 aromatic rings. The Bertz CT molecular complexity index is 396. The maximum Gasteiger partial charge on any atom is 0.310 e. The SMILES string of the molecule is O=C1NC(C(=O)NC2C=CC(C(=O)O)C2)CS1. The van der Waals surface area contributed by atoms with Gasteiger partial charge < -0.3 is 15.7 Å². The number of aliphatic carboxylic acids is 1. The summed E-state index contributed by atoms with van der Waals surface area (Å²) >= 11 is 1.07. The molecule has 0 aromatic heterocycles. The average molecular weight is 256 g/mol. The fourth-order valence-corrected chi connectivity index (χ4v) is 2.58. The normalized spacial score (nSPS) is 31.3. The summed E-state index contributed by atoms with van der Waals surface area (Å²) in [6.07, 6.45) is 3.63. The molecule has 0 radical (unpaired) electrons. The zero-order valence-corrected chi connectivity index (χ0v) is 9.70. The summed E-state index contributed by atoms with van der Waals surface area (Å²) in [5.74, 6) is -1.26. The van der Waals surface area contributed by atoms with Crippen molar-refractivity contribution in [2.24, 2.45) is 5.92 Å². The van der Waals surface area contributed by atoms with Gasteiger partial charge in [-0.2, -0.15) is 0 Å². The van der Waals surface area contributed by atoms with E-state index < -0.39 is 17.9 Å².